The first-order chi connectivity index (χ1) is 13.8. The second-order valence-electron chi connectivity index (χ2n) is 7.70. The highest BCUT2D eigenvalue weighted by molar-refractivity contribution is 7.99. The van der Waals surface area contributed by atoms with Gasteiger partial charge in [-0.15, -0.1) is 23.1 Å². The van der Waals surface area contributed by atoms with Gasteiger partial charge in [-0.3, -0.25) is 14.5 Å². The van der Waals surface area contributed by atoms with Crippen LogP contribution in [0.25, 0.3) is 0 Å². The molecule has 7 heteroatoms. The normalized spacial score (nSPS) is 14.1. The molecule has 0 spiro atoms. The standard InChI is InChI=1S/C22H29N3O2S2/c1-14(2)25-11-10-17-18(13-25)29-22(20(17)21(23)27)24-19(26)5-4-12-28-16-8-6-15(3)7-9-16/h6-9,14H,4-5,10-13H2,1-3H3,(H2,23,27)(H,24,26). The fourth-order valence-corrected chi connectivity index (χ4v) is 5.61. The number of hydrogen-bond donors (Lipinski definition) is 2. The molecule has 1 aromatic heterocycles. The van der Waals surface area contributed by atoms with E-state index in [9.17, 15) is 9.59 Å². The van der Waals surface area contributed by atoms with Gasteiger partial charge in [0.15, 0.2) is 0 Å². The Labute approximate surface area is 181 Å². The summed E-state index contributed by atoms with van der Waals surface area (Å²) in [5.74, 6) is 0.366. The number of benzene rings is 1. The van der Waals surface area contributed by atoms with Crippen molar-refractivity contribution in [2.45, 2.75) is 57.5 Å². The van der Waals surface area contributed by atoms with Crippen LogP contribution in [-0.4, -0.2) is 35.1 Å². The first kappa shape index (κ1) is 21.9. The Bertz CT molecular complexity index is 875. The molecule has 2 aromatic rings. The van der Waals surface area contributed by atoms with E-state index in [0.717, 1.165) is 42.1 Å². The molecular weight excluding hydrogens is 402 g/mol. The Hall–Kier alpha value is -1.83. The molecule has 0 atom stereocenters. The van der Waals surface area contributed by atoms with Crippen LogP contribution in [0.4, 0.5) is 5.00 Å². The fraction of sp³-hybridized carbons (Fsp3) is 0.455. The SMILES string of the molecule is Cc1ccc(SCCCC(=O)Nc2sc3c(c2C(N)=O)CCN(C(C)C)C3)cc1. The zero-order chi connectivity index (χ0) is 21.0. The molecular formula is C22H29N3O2S2. The van der Waals surface area contributed by atoms with Gasteiger partial charge in [-0.25, -0.2) is 0 Å². The van der Waals surface area contributed by atoms with Crippen molar-refractivity contribution in [2.75, 3.05) is 17.6 Å². The number of nitrogens with two attached hydrogens (primary N) is 1. The smallest absolute Gasteiger partial charge is 0.251 e. The molecule has 0 bridgehead atoms. The van der Waals surface area contributed by atoms with Crippen molar-refractivity contribution in [2.24, 2.45) is 5.73 Å². The largest absolute Gasteiger partial charge is 0.365 e. The van der Waals surface area contributed by atoms with Crippen LogP contribution in [-0.2, 0) is 17.8 Å². The number of anilines is 1. The number of carbonyl (C=O) groups is 2. The fourth-order valence-electron chi connectivity index (χ4n) is 3.46. The van der Waals surface area contributed by atoms with Gasteiger partial charge in [-0.05, 0) is 57.1 Å². The summed E-state index contributed by atoms with van der Waals surface area (Å²) in [7, 11) is 0. The number of rotatable bonds is 8. The van der Waals surface area contributed by atoms with E-state index in [2.05, 4.69) is 55.3 Å². The summed E-state index contributed by atoms with van der Waals surface area (Å²) in [6.45, 7) is 8.13. The lowest BCUT2D eigenvalue weighted by Crippen LogP contribution is -2.35. The molecule has 3 N–H and O–H groups in total. The van der Waals surface area contributed by atoms with Crippen LogP contribution in [0, 0.1) is 6.92 Å². The van der Waals surface area contributed by atoms with Crippen LogP contribution in [0.3, 0.4) is 0 Å². The predicted molar refractivity (Wildman–Crippen MR) is 122 cm³/mol. The van der Waals surface area contributed by atoms with Gasteiger partial charge in [0, 0.05) is 35.3 Å². The van der Waals surface area contributed by atoms with E-state index in [-0.39, 0.29) is 5.91 Å². The number of thioether (sulfide) groups is 1. The van der Waals surface area contributed by atoms with Gasteiger partial charge in [0.05, 0.1) is 5.56 Å². The summed E-state index contributed by atoms with van der Waals surface area (Å²) in [5.41, 5.74) is 8.42. The molecule has 0 fully saturated rings. The van der Waals surface area contributed by atoms with Gasteiger partial charge < -0.3 is 11.1 Å². The number of fused-ring (bicyclic) bond motifs is 1. The quantitative estimate of drug-likeness (QED) is 0.479. The van der Waals surface area contributed by atoms with E-state index in [4.69, 9.17) is 5.73 Å². The van der Waals surface area contributed by atoms with Crippen LogP contribution in [0.2, 0.25) is 0 Å². The van der Waals surface area contributed by atoms with Gasteiger partial charge in [0.1, 0.15) is 5.00 Å². The monoisotopic (exact) mass is 431 g/mol. The zero-order valence-corrected chi connectivity index (χ0v) is 18.9. The Kier molecular flexibility index (Phi) is 7.38. The van der Waals surface area contributed by atoms with Crippen molar-refractivity contribution in [3.63, 3.8) is 0 Å². The first-order valence-corrected chi connectivity index (χ1v) is 11.8. The Morgan fingerprint density at radius 3 is 2.66 bits per heavy atom. The van der Waals surface area contributed by atoms with E-state index in [0.29, 0.717) is 23.0 Å². The third-order valence-corrected chi connectivity index (χ3v) is 7.38. The Balaban J connectivity index is 1.57. The Morgan fingerprint density at radius 2 is 2.00 bits per heavy atom. The number of aryl methyl sites for hydroxylation is 1. The maximum atomic E-state index is 12.5. The second-order valence-corrected chi connectivity index (χ2v) is 9.97. The van der Waals surface area contributed by atoms with Crippen molar-refractivity contribution in [1.29, 1.82) is 0 Å². The summed E-state index contributed by atoms with van der Waals surface area (Å²) >= 11 is 3.25. The van der Waals surface area contributed by atoms with Crippen LogP contribution in [0.15, 0.2) is 29.2 Å². The molecule has 0 aliphatic carbocycles. The number of thiophene rings is 1. The molecule has 0 saturated carbocycles. The van der Waals surface area contributed by atoms with Crippen LogP contribution in [0.1, 0.15) is 53.1 Å². The maximum absolute atomic E-state index is 12.5. The molecule has 0 saturated heterocycles. The molecule has 156 valence electrons. The summed E-state index contributed by atoms with van der Waals surface area (Å²) < 4.78 is 0. The highest BCUT2D eigenvalue weighted by atomic mass is 32.2. The van der Waals surface area contributed by atoms with E-state index in [1.54, 1.807) is 11.8 Å². The minimum Gasteiger partial charge on any atom is -0.365 e. The van der Waals surface area contributed by atoms with Crippen LogP contribution >= 0.6 is 23.1 Å². The lowest BCUT2D eigenvalue weighted by atomic mass is 10.0. The molecule has 2 amide bonds. The van der Waals surface area contributed by atoms with Gasteiger partial charge in [0.2, 0.25) is 5.91 Å². The molecule has 0 unspecified atom stereocenters. The molecule has 1 aromatic carbocycles. The number of primary amides is 1. The minimum atomic E-state index is -0.453. The van der Waals surface area contributed by atoms with E-state index >= 15 is 0 Å². The van der Waals surface area contributed by atoms with Gasteiger partial charge in [-0.1, -0.05) is 17.7 Å². The van der Waals surface area contributed by atoms with Gasteiger partial charge >= 0.3 is 0 Å². The summed E-state index contributed by atoms with van der Waals surface area (Å²) in [6.07, 6.45) is 2.01. The predicted octanol–water partition coefficient (Wildman–Crippen LogP) is 4.43. The highest BCUT2D eigenvalue weighted by Gasteiger charge is 2.28. The van der Waals surface area contributed by atoms with E-state index in [1.165, 1.54) is 21.8 Å². The molecule has 3 rings (SSSR count). The minimum absolute atomic E-state index is 0.0590. The zero-order valence-electron chi connectivity index (χ0n) is 17.3. The number of hydrogen-bond acceptors (Lipinski definition) is 5. The lowest BCUT2D eigenvalue weighted by molar-refractivity contribution is -0.116. The molecule has 29 heavy (non-hydrogen) atoms. The van der Waals surface area contributed by atoms with Crippen LogP contribution < -0.4 is 11.1 Å². The van der Waals surface area contributed by atoms with Crippen LogP contribution in [0.5, 0.6) is 0 Å². The maximum Gasteiger partial charge on any atom is 0.251 e. The highest BCUT2D eigenvalue weighted by Crippen LogP contribution is 2.37. The summed E-state index contributed by atoms with van der Waals surface area (Å²) in [5, 5.41) is 3.57. The van der Waals surface area contributed by atoms with E-state index in [1.807, 2.05) is 0 Å². The van der Waals surface area contributed by atoms with Crippen molar-refractivity contribution in [1.82, 2.24) is 4.90 Å². The number of nitrogens with one attached hydrogen (secondary N) is 1. The van der Waals surface area contributed by atoms with Crippen molar-refractivity contribution in [3.05, 3.63) is 45.8 Å². The molecule has 1 aliphatic rings. The van der Waals surface area contributed by atoms with Crippen molar-refractivity contribution in [3.8, 4) is 0 Å². The average molecular weight is 432 g/mol. The average Bonchev–Trinajstić information content (AvgIpc) is 3.03. The topological polar surface area (TPSA) is 75.4 Å². The summed E-state index contributed by atoms with van der Waals surface area (Å²) in [6, 6.07) is 8.86. The number of carbonyl (C=O) groups excluding carboxylic acids is 2. The van der Waals surface area contributed by atoms with Gasteiger partial charge in [0.25, 0.3) is 5.91 Å². The molecule has 1 aliphatic heterocycles. The molecule has 0 radical (unpaired) electrons. The number of amides is 2. The number of nitrogens with zero attached hydrogens (tertiary/aromatic N) is 1. The second kappa shape index (κ2) is 9.78. The molecule has 2 heterocycles. The lowest BCUT2D eigenvalue weighted by Gasteiger charge is -2.30. The third-order valence-electron chi connectivity index (χ3n) is 5.15. The van der Waals surface area contributed by atoms with Crippen molar-refractivity contribution >= 4 is 39.9 Å². The Morgan fingerprint density at radius 1 is 1.28 bits per heavy atom. The van der Waals surface area contributed by atoms with Crippen molar-refractivity contribution < 1.29 is 9.59 Å². The van der Waals surface area contributed by atoms with Gasteiger partial charge in [-0.2, -0.15) is 0 Å². The first-order valence-electron chi connectivity index (χ1n) is 10.0. The molecule has 5 nitrogen and oxygen atoms in total. The summed E-state index contributed by atoms with van der Waals surface area (Å²) in [4.78, 5) is 29.2. The van der Waals surface area contributed by atoms with E-state index < -0.39 is 5.91 Å². The third kappa shape index (κ3) is 5.62.